The highest BCUT2D eigenvalue weighted by molar-refractivity contribution is 6.30. The van der Waals surface area contributed by atoms with E-state index in [4.69, 9.17) is 11.6 Å². The second-order valence-electron chi connectivity index (χ2n) is 6.43. The van der Waals surface area contributed by atoms with Crippen molar-refractivity contribution in [3.05, 3.63) is 82.5 Å². The first-order chi connectivity index (χ1) is 13.0. The molecule has 0 unspecified atom stereocenters. The van der Waals surface area contributed by atoms with Crippen LogP contribution in [0.1, 0.15) is 16.8 Å². The highest BCUT2D eigenvalue weighted by atomic mass is 35.5. The second kappa shape index (κ2) is 7.00. The average molecular weight is 381 g/mol. The van der Waals surface area contributed by atoms with Gasteiger partial charge in [0.1, 0.15) is 18.0 Å². The molecule has 0 aliphatic rings. The lowest BCUT2D eigenvalue weighted by Crippen LogP contribution is -2.03. The number of hydrogen-bond donors (Lipinski definition) is 1. The highest BCUT2D eigenvalue weighted by Crippen LogP contribution is 2.32. The van der Waals surface area contributed by atoms with E-state index >= 15 is 0 Å². The summed E-state index contributed by atoms with van der Waals surface area (Å²) in [7, 11) is 0. The fourth-order valence-corrected chi connectivity index (χ4v) is 3.44. The molecule has 0 spiro atoms. The van der Waals surface area contributed by atoms with Crippen molar-refractivity contribution in [3.63, 3.8) is 0 Å². The number of anilines is 1. The highest BCUT2D eigenvalue weighted by Gasteiger charge is 2.17. The number of benzene rings is 2. The Bertz CT molecular complexity index is 1120. The molecule has 4 nitrogen and oxygen atoms in total. The Morgan fingerprint density at radius 3 is 2.59 bits per heavy atom. The molecule has 0 atom stereocenters. The summed E-state index contributed by atoms with van der Waals surface area (Å²) in [6, 6.07) is 14.1. The Hall–Kier alpha value is -2.92. The molecule has 0 amide bonds. The van der Waals surface area contributed by atoms with Crippen LogP contribution in [-0.4, -0.2) is 14.5 Å². The van der Waals surface area contributed by atoms with Gasteiger partial charge in [-0.15, -0.1) is 0 Å². The van der Waals surface area contributed by atoms with Crippen molar-refractivity contribution < 1.29 is 4.39 Å². The molecule has 0 fully saturated rings. The van der Waals surface area contributed by atoms with Gasteiger partial charge >= 0.3 is 0 Å². The van der Waals surface area contributed by atoms with Crippen molar-refractivity contribution in [1.82, 2.24) is 14.5 Å². The standard InChI is InChI=1S/C21H18ClFN4/c1-13-14(2)27(18-5-3-4-16(22)10-18)21-19(13)20(25-12-26-21)24-11-15-6-8-17(23)9-7-15/h3-10,12H,11H2,1-2H3,(H,24,25,26). The zero-order chi connectivity index (χ0) is 19.0. The van der Waals surface area contributed by atoms with Crippen molar-refractivity contribution in [2.24, 2.45) is 0 Å². The van der Waals surface area contributed by atoms with Gasteiger partial charge in [-0.3, -0.25) is 4.57 Å². The van der Waals surface area contributed by atoms with Crippen molar-refractivity contribution in [2.45, 2.75) is 20.4 Å². The van der Waals surface area contributed by atoms with Gasteiger partial charge < -0.3 is 5.32 Å². The maximum Gasteiger partial charge on any atom is 0.150 e. The quantitative estimate of drug-likeness (QED) is 0.512. The van der Waals surface area contributed by atoms with Gasteiger partial charge in [0.25, 0.3) is 0 Å². The van der Waals surface area contributed by atoms with E-state index in [9.17, 15) is 4.39 Å². The van der Waals surface area contributed by atoms with Crippen molar-refractivity contribution in [3.8, 4) is 5.69 Å². The van der Waals surface area contributed by atoms with Crippen LogP contribution in [0, 0.1) is 19.7 Å². The molecule has 2 aromatic carbocycles. The van der Waals surface area contributed by atoms with E-state index < -0.39 is 0 Å². The van der Waals surface area contributed by atoms with Crippen molar-refractivity contribution >= 4 is 28.5 Å². The molecular formula is C21H18ClFN4. The third-order valence-electron chi connectivity index (χ3n) is 4.73. The number of rotatable bonds is 4. The van der Waals surface area contributed by atoms with Gasteiger partial charge in [0.15, 0.2) is 5.65 Å². The van der Waals surface area contributed by atoms with Crippen molar-refractivity contribution in [2.75, 3.05) is 5.32 Å². The monoisotopic (exact) mass is 380 g/mol. The van der Waals surface area contributed by atoms with E-state index in [2.05, 4.69) is 33.7 Å². The number of nitrogens with one attached hydrogen (secondary N) is 1. The normalized spacial score (nSPS) is 11.1. The second-order valence-corrected chi connectivity index (χ2v) is 6.86. The summed E-state index contributed by atoms with van der Waals surface area (Å²) in [5, 5.41) is 5.00. The third-order valence-corrected chi connectivity index (χ3v) is 4.97. The molecule has 1 N–H and O–H groups in total. The molecule has 2 heterocycles. The zero-order valence-electron chi connectivity index (χ0n) is 15.0. The van der Waals surface area contributed by atoms with E-state index in [1.165, 1.54) is 12.1 Å². The SMILES string of the molecule is Cc1c(C)n(-c2cccc(Cl)c2)c2ncnc(NCc3ccc(F)cc3)c12. The summed E-state index contributed by atoms with van der Waals surface area (Å²) in [5.41, 5.74) is 4.95. The summed E-state index contributed by atoms with van der Waals surface area (Å²) in [4.78, 5) is 8.95. The first kappa shape index (κ1) is 17.5. The summed E-state index contributed by atoms with van der Waals surface area (Å²) < 4.78 is 15.2. The smallest absolute Gasteiger partial charge is 0.150 e. The predicted molar refractivity (Wildman–Crippen MR) is 107 cm³/mol. The summed E-state index contributed by atoms with van der Waals surface area (Å²) >= 11 is 6.18. The molecule has 6 heteroatoms. The Morgan fingerprint density at radius 1 is 1.07 bits per heavy atom. The number of aryl methyl sites for hydroxylation is 1. The van der Waals surface area contributed by atoms with Gasteiger partial charge in [-0.25, -0.2) is 14.4 Å². The van der Waals surface area contributed by atoms with Crippen LogP contribution in [0.4, 0.5) is 10.2 Å². The Balaban J connectivity index is 1.77. The van der Waals surface area contributed by atoms with Gasteiger partial charge in [0.2, 0.25) is 0 Å². The lowest BCUT2D eigenvalue weighted by Gasteiger charge is -2.09. The topological polar surface area (TPSA) is 42.7 Å². The molecule has 0 saturated heterocycles. The minimum absolute atomic E-state index is 0.242. The third kappa shape index (κ3) is 3.26. The molecule has 27 heavy (non-hydrogen) atoms. The maximum absolute atomic E-state index is 13.1. The lowest BCUT2D eigenvalue weighted by atomic mass is 10.2. The largest absolute Gasteiger partial charge is 0.365 e. The van der Waals surface area contributed by atoms with Crippen LogP contribution in [0.3, 0.4) is 0 Å². The minimum atomic E-state index is -0.242. The van der Waals surface area contributed by atoms with Crippen LogP contribution in [0.25, 0.3) is 16.7 Å². The van der Waals surface area contributed by atoms with Crippen LogP contribution in [0.5, 0.6) is 0 Å². The van der Waals surface area contributed by atoms with Crippen LogP contribution in [-0.2, 0) is 6.54 Å². The average Bonchev–Trinajstić information content (AvgIpc) is 2.92. The molecule has 0 aliphatic carbocycles. The molecule has 4 rings (SSSR count). The van der Waals surface area contributed by atoms with Crippen LogP contribution < -0.4 is 5.32 Å². The number of halogens is 2. The lowest BCUT2D eigenvalue weighted by molar-refractivity contribution is 0.627. The molecular weight excluding hydrogens is 363 g/mol. The minimum Gasteiger partial charge on any atom is -0.365 e. The Kier molecular flexibility index (Phi) is 4.54. The van der Waals surface area contributed by atoms with E-state index in [1.807, 2.05) is 24.3 Å². The van der Waals surface area contributed by atoms with Gasteiger partial charge in [0, 0.05) is 22.9 Å². The molecule has 136 valence electrons. The van der Waals surface area contributed by atoms with Crippen LogP contribution >= 0.6 is 11.6 Å². The van der Waals surface area contributed by atoms with Crippen LogP contribution in [0.15, 0.2) is 54.9 Å². The first-order valence-electron chi connectivity index (χ1n) is 8.61. The number of aromatic nitrogens is 3. The molecule has 0 saturated carbocycles. The van der Waals surface area contributed by atoms with E-state index in [-0.39, 0.29) is 5.82 Å². The molecule has 2 aromatic heterocycles. The Labute approximate surface area is 161 Å². The van der Waals surface area contributed by atoms with E-state index in [0.29, 0.717) is 11.6 Å². The number of nitrogens with zero attached hydrogens (tertiary/aromatic N) is 3. The van der Waals surface area contributed by atoms with E-state index in [1.54, 1.807) is 18.5 Å². The first-order valence-corrected chi connectivity index (χ1v) is 8.99. The zero-order valence-corrected chi connectivity index (χ0v) is 15.8. The molecule has 4 aromatic rings. The van der Waals surface area contributed by atoms with Gasteiger partial charge in [-0.1, -0.05) is 29.8 Å². The fraction of sp³-hybridized carbons (Fsp3) is 0.143. The molecule has 0 aliphatic heterocycles. The van der Waals surface area contributed by atoms with Gasteiger partial charge in [-0.05, 0) is 55.3 Å². The number of fused-ring (bicyclic) bond motifs is 1. The fourth-order valence-electron chi connectivity index (χ4n) is 3.25. The predicted octanol–water partition coefficient (Wildman–Crippen LogP) is 5.44. The maximum atomic E-state index is 13.1. The van der Waals surface area contributed by atoms with Crippen LogP contribution in [0.2, 0.25) is 5.02 Å². The van der Waals surface area contributed by atoms with Gasteiger partial charge in [0.05, 0.1) is 5.39 Å². The van der Waals surface area contributed by atoms with Gasteiger partial charge in [-0.2, -0.15) is 0 Å². The Morgan fingerprint density at radius 2 is 1.85 bits per heavy atom. The summed E-state index contributed by atoms with van der Waals surface area (Å²) in [6.45, 7) is 4.67. The summed E-state index contributed by atoms with van der Waals surface area (Å²) in [5.74, 6) is 0.513. The molecule has 0 radical (unpaired) electrons. The molecule has 0 bridgehead atoms. The number of hydrogen-bond acceptors (Lipinski definition) is 3. The van der Waals surface area contributed by atoms with Crippen molar-refractivity contribution in [1.29, 1.82) is 0 Å². The van der Waals surface area contributed by atoms with E-state index in [0.717, 1.165) is 39.4 Å². The summed E-state index contributed by atoms with van der Waals surface area (Å²) in [6.07, 6.45) is 1.55.